The molecular formula is C22H14N4O2. The minimum absolute atomic E-state index is 0.731. The highest BCUT2D eigenvalue weighted by Crippen LogP contribution is 2.19. The van der Waals surface area contributed by atoms with Gasteiger partial charge < -0.3 is 0 Å². The normalized spacial score (nSPS) is 12.3. The van der Waals surface area contributed by atoms with E-state index < -0.39 is 0 Å². The molecule has 0 N–H and O–H groups in total. The van der Waals surface area contributed by atoms with Gasteiger partial charge in [-0.15, -0.1) is 0 Å². The second-order valence-electron chi connectivity index (χ2n) is 6.48. The highest BCUT2D eigenvalue weighted by Gasteiger charge is 2.05. The third-order valence-corrected chi connectivity index (χ3v) is 4.72. The Morgan fingerprint density at radius 3 is 1.07 bits per heavy atom. The van der Waals surface area contributed by atoms with Crippen LogP contribution in [-0.4, -0.2) is 31.9 Å². The number of carbonyl (C=O) groups excluding carboxylic acids is 2. The van der Waals surface area contributed by atoms with Crippen LogP contribution in [0.15, 0.2) is 48.5 Å². The molecule has 0 amide bonds. The van der Waals surface area contributed by atoms with Crippen LogP contribution in [0.5, 0.6) is 0 Å². The van der Waals surface area contributed by atoms with Crippen molar-refractivity contribution in [1.29, 1.82) is 0 Å². The molecule has 6 nitrogen and oxygen atoms in total. The lowest BCUT2D eigenvalue weighted by molar-refractivity contribution is 0.549. The van der Waals surface area contributed by atoms with Crippen LogP contribution >= 0.6 is 0 Å². The lowest BCUT2D eigenvalue weighted by Gasteiger charge is -1.95. The zero-order valence-electron chi connectivity index (χ0n) is 14.7. The van der Waals surface area contributed by atoms with E-state index in [1.807, 2.05) is 72.8 Å². The van der Waals surface area contributed by atoms with E-state index in [0.717, 1.165) is 57.7 Å². The molecule has 0 saturated heterocycles. The Hall–Kier alpha value is -4.06. The number of fused-ring (bicyclic) bond motifs is 8. The van der Waals surface area contributed by atoms with E-state index in [1.165, 1.54) is 0 Å². The first-order valence-electron chi connectivity index (χ1n) is 8.73. The summed E-state index contributed by atoms with van der Waals surface area (Å²) in [6.07, 6.45) is 9.07. The summed E-state index contributed by atoms with van der Waals surface area (Å²) in [6.45, 7) is 0. The van der Waals surface area contributed by atoms with E-state index in [1.54, 1.807) is 9.13 Å². The largest absolute Gasteiger partial charge is 0.283 e. The molecule has 0 fully saturated rings. The van der Waals surface area contributed by atoms with Crippen LogP contribution in [-0.2, 0) is 9.59 Å². The first-order valence-corrected chi connectivity index (χ1v) is 8.73. The summed E-state index contributed by atoms with van der Waals surface area (Å²) in [5.41, 5.74) is 5.85. The van der Waals surface area contributed by atoms with Crippen molar-refractivity contribution in [1.82, 2.24) is 19.1 Å². The highest BCUT2D eigenvalue weighted by molar-refractivity contribution is 5.83. The van der Waals surface area contributed by atoms with E-state index in [2.05, 4.69) is 9.97 Å². The molecule has 0 aliphatic carbocycles. The van der Waals surface area contributed by atoms with Crippen molar-refractivity contribution < 1.29 is 9.59 Å². The van der Waals surface area contributed by atoms with E-state index in [0.29, 0.717) is 0 Å². The van der Waals surface area contributed by atoms with E-state index in [-0.39, 0.29) is 0 Å². The predicted octanol–water partition coefficient (Wildman–Crippen LogP) is 3.68. The molecule has 134 valence electrons. The van der Waals surface area contributed by atoms with Gasteiger partial charge in [0, 0.05) is 0 Å². The summed E-state index contributed by atoms with van der Waals surface area (Å²) in [7, 11) is 0. The average molecular weight is 366 g/mol. The van der Waals surface area contributed by atoms with Gasteiger partial charge in [-0.05, 0) is 72.8 Å². The zero-order valence-corrected chi connectivity index (χ0v) is 14.7. The van der Waals surface area contributed by atoms with Crippen molar-refractivity contribution in [3.8, 4) is 0 Å². The Kier molecular flexibility index (Phi) is 3.62. The quantitative estimate of drug-likeness (QED) is 0.447. The van der Waals surface area contributed by atoms with Crippen LogP contribution in [0.3, 0.4) is 0 Å². The van der Waals surface area contributed by atoms with Crippen molar-refractivity contribution in [2.75, 3.05) is 0 Å². The maximum absolute atomic E-state index is 11.6. The minimum atomic E-state index is 0.731. The fourth-order valence-corrected chi connectivity index (χ4v) is 3.39. The standard InChI is InChI=1S/C22H14N4O2/c27-13-25-19-5-6-21(25)11-17-3-4-18(24-17)12-22-8-7-20(26(22)14-28)10-16-2-1-15(9-19)23-16/h1-14H. The topological polar surface area (TPSA) is 69.8 Å². The van der Waals surface area contributed by atoms with Gasteiger partial charge in [-0.3, -0.25) is 18.7 Å². The molecule has 2 aliphatic heterocycles. The van der Waals surface area contributed by atoms with Crippen LogP contribution < -0.4 is 0 Å². The lowest BCUT2D eigenvalue weighted by atomic mass is 10.3. The van der Waals surface area contributed by atoms with Crippen molar-refractivity contribution >= 4 is 59.2 Å². The van der Waals surface area contributed by atoms with Crippen LogP contribution in [0.25, 0.3) is 46.4 Å². The maximum atomic E-state index is 11.6. The number of aromatic nitrogens is 4. The summed E-state index contributed by atoms with van der Waals surface area (Å²) in [4.78, 5) is 32.4. The van der Waals surface area contributed by atoms with Gasteiger partial charge in [0.15, 0.2) is 0 Å². The molecule has 5 heterocycles. The Labute approximate surface area is 159 Å². The molecular weight excluding hydrogens is 352 g/mol. The van der Waals surface area contributed by atoms with Gasteiger partial charge in [-0.2, -0.15) is 0 Å². The van der Waals surface area contributed by atoms with Gasteiger partial charge in [-0.25, -0.2) is 9.97 Å². The van der Waals surface area contributed by atoms with Gasteiger partial charge >= 0.3 is 0 Å². The highest BCUT2D eigenvalue weighted by atomic mass is 16.1. The first-order chi connectivity index (χ1) is 13.7. The number of rotatable bonds is 2. The van der Waals surface area contributed by atoms with Crippen LogP contribution in [0.1, 0.15) is 22.8 Å². The van der Waals surface area contributed by atoms with E-state index >= 15 is 0 Å². The monoisotopic (exact) mass is 366 g/mol. The van der Waals surface area contributed by atoms with E-state index in [4.69, 9.17) is 0 Å². The zero-order chi connectivity index (χ0) is 19.1. The Morgan fingerprint density at radius 2 is 0.821 bits per heavy atom. The number of hydrogen-bond donors (Lipinski definition) is 0. The smallest absolute Gasteiger partial charge is 0.218 e. The van der Waals surface area contributed by atoms with Crippen molar-refractivity contribution in [2.24, 2.45) is 0 Å². The third-order valence-electron chi connectivity index (χ3n) is 4.72. The fraction of sp³-hybridized carbons (Fsp3) is 0. The minimum Gasteiger partial charge on any atom is -0.283 e. The molecule has 0 aromatic carbocycles. The Balaban J connectivity index is 1.92. The molecule has 3 aromatic rings. The Bertz CT molecular complexity index is 1160. The molecule has 0 unspecified atom stereocenters. The van der Waals surface area contributed by atoms with Crippen LogP contribution in [0.2, 0.25) is 0 Å². The number of hydrogen-bond acceptors (Lipinski definition) is 4. The third kappa shape index (κ3) is 2.68. The first kappa shape index (κ1) is 16.1. The summed E-state index contributed by atoms with van der Waals surface area (Å²) >= 11 is 0. The number of carbonyl (C=O) groups is 2. The second-order valence-corrected chi connectivity index (χ2v) is 6.48. The molecule has 3 aromatic heterocycles. The lowest BCUT2D eigenvalue weighted by Crippen LogP contribution is -1.93. The van der Waals surface area contributed by atoms with Crippen molar-refractivity contribution in [2.45, 2.75) is 0 Å². The molecule has 28 heavy (non-hydrogen) atoms. The van der Waals surface area contributed by atoms with Crippen LogP contribution in [0.4, 0.5) is 0 Å². The fourth-order valence-electron chi connectivity index (χ4n) is 3.39. The van der Waals surface area contributed by atoms with Gasteiger partial charge in [0.2, 0.25) is 12.8 Å². The molecule has 8 bridgehead atoms. The maximum Gasteiger partial charge on any atom is 0.218 e. The molecule has 0 radical (unpaired) electrons. The number of nitrogens with zero attached hydrogens (tertiary/aromatic N) is 4. The molecule has 2 aliphatic rings. The van der Waals surface area contributed by atoms with Gasteiger partial charge in [0.25, 0.3) is 0 Å². The van der Waals surface area contributed by atoms with Crippen LogP contribution in [0, 0.1) is 0 Å². The van der Waals surface area contributed by atoms with E-state index in [9.17, 15) is 9.59 Å². The summed E-state index contributed by atoms with van der Waals surface area (Å²) < 4.78 is 3.12. The second kappa shape index (κ2) is 6.28. The molecule has 6 heteroatoms. The summed E-state index contributed by atoms with van der Waals surface area (Å²) in [6, 6.07) is 14.9. The van der Waals surface area contributed by atoms with Crippen molar-refractivity contribution in [3.05, 3.63) is 71.3 Å². The van der Waals surface area contributed by atoms with Gasteiger partial charge in [0.1, 0.15) is 0 Å². The SMILES string of the molecule is O=Cn1c2ccc1cc1nc(cc3ccc(cc4nc(c2)C=C4)n3C=O)C=C1. The molecule has 0 saturated carbocycles. The molecule has 0 atom stereocenters. The van der Waals surface area contributed by atoms with Gasteiger partial charge in [-0.1, -0.05) is 0 Å². The Morgan fingerprint density at radius 1 is 0.536 bits per heavy atom. The average Bonchev–Trinajstić information content (AvgIpc) is 3.46. The molecule has 5 rings (SSSR count). The van der Waals surface area contributed by atoms with Gasteiger partial charge in [0.05, 0.1) is 44.8 Å². The summed E-state index contributed by atoms with van der Waals surface area (Å²) in [5.74, 6) is 0. The van der Waals surface area contributed by atoms with Crippen molar-refractivity contribution in [3.63, 3.8) is 0 Å². The molecule has 0 spiro atoms. The summed E-state index contributed by atoms with van der Waals surface area (Å²) in [5, 5.41) is 0. The predicted molar refractivity (Wildman–Crippen MR) is 110 cm³/mol.